The summed E-state index contributed by atoms with van der Waals surface area (Å²) in [6.07, 6.45) is 6.11. The highest BCUT2D eigenvalue weighted by Crippen LogP contribution is 2.31. The molecule has 1 aromatic carbocycles. The first-order chi connectivity index (χ1) is 9.09. The normalized spacial score (nSPS) is 16.6. The summed E-state index contributed by atoms with van der Waals surface area (Å²) >= 11 is 10.6. The number of rotatable bonds is 4. The van der Waals surface area contributed by atoms with Crippen LogP contribution in [0.3, 0.4) is 0 Å². The number of carbonyl (C=O) groups excluding carboxylic acids is 1. The average Bonchev–Trinajstić information content (AvgIpc) is 2.43. The minimum Gasteiger partial charge on any atom is -0.293 e. The lowest BCUT2D eigenvalue weighted by atomic mass is 10.0. The molecule has 2 rings (SSSR count). The zero-order chi connectivity index (χ0) is 13.8. The van der Waals surface area contributed by atoms with Crippen molar-refractivity contribution in [2.75, 3.05) is 5.75 Å². The molecule has 0 radical (unpaired) electrons. The van der Waals surface area contributed by atoms with Crippen LogP contribution in [0.4, 0.5) is 4.39 Å². The molecule has 1 fully saturated rings. The van der Waals surface area contributed by atoms with E-state index in [1.807, 2.05) is 0 Å². The fraction of sp³-hybridized carbons (Fsp3) is 0.500. The van der Waals surface area contributed by atoms with Gasteiger partial charge in [0, 0.05) is 9.72 Å². The smallest absolute Gasteiger partial charge is 0.175 e. The maximum Gasteiger partial charge on any atom is 0.175 e. The largest absolute Gasteiger partial charge is 0.293 e. The Bertz CT molecular complexity index is 475. The molecule has 104 valence electrons. The maximum atomic E-state index is 13.9. The van der Waals surface area contributed by atoms with Crippen LogP contribution in [0, 0.1) is 5.82 Å². The van der Waals surface area contributed by atoms with E-state index in [4.69, 9.17) is 11.6 Å². The summed E-state index contributed by atoms with van der Waals surface area (Å²) in [4.78, 5) is 12.0. The van der Waals surface area contributed by atoms with Gasteiger partial charge < -0.3 is 0 Å². The highest BCUT2D eigenvalue weighted by atomic mass is 79.9. The Morgan fingerprint density at radius 3 is 2.74 bits per heavy atom. The molecule has 0 N–H and O–H groups in total. The molecule has 1 aromatic rings. The van der Waals surface area contributed by atoms with Crippen LogP contribution < -0.4 is 0 Å². The number of thioether (sulfide) groups is 1. The van der Waals surface area contributed by atoms with Gasteiger partial charge in [0.05, 0.1) is 16.3 Å². The highest BCUT2D eigenvalue weighted by molar-refractivity contribution is 9.10. The van der Waals surface area contributed by atoms with E-state index in [9.17, 15) is 9.18 Å². The molecule has 0 amide bonds. The van der Waals surface area contributed by atoms with E-state index in [0.29, 0.717) is 15.5 Å². The number of Topliss-reactive ketones (excluding diaryl/α,β-unsaturated/α-hetero) is 1. The van der Waals surface area contributed by atoms with Crippen molar-refractivity contribution >= 4 is 45.1 Å². The molecule has 0 atom stereocenters. The molecule has 1 nitrogen and oxygen atoms in total. The minimum absolute atomic E-state index is 0.0199. The Balaban J connectivity index is 1.98. The zero-order valence-electron chi connectivity index (χ0n) is 10.4. The zero-order valence-corrected chi connectivity index (χ0v) is 13.6. The first kappa shape index (κ1) is 15.3. The lowest BCUT2D eigenvalue weighted by Gasteiger charge is -2.20. The minimum atomic E-state index is -0.620. The summed E-state index contributed by atoms with van der Waals surface area (Å²) in [5.74, 6) is -0.465. The van der Waals surface area contributed by atoms with Gasteiger partial charge in [-0.1, -0.05) is 30.9 Å². The second-order valence-corrected chi connectivity index (χ2v) is 7.24. The van der Waals surface area contributed by atoms with Gasteiger partial charge >= 0.3 is 0 Å². The predicted molar refractivity (Wildman–Crippen MR) is 82.8 cm³/mol. The summed E-state index contributed by atoms with van der Waals surface area (Å²) in [6, 6.07) is 3.11. The van der Waals surface area contributed by atoms with E-state index in [0.717, 1.165) is 0 Å². The van der Waals surface area contributed by atoms with Crippen molar-refractivity contribution in [1.29, 1.82) is 0 Å². The monoisotopic (exact) mass is 364 g/mol. The van der Waals surface area contributed by atoms with Crippen molar-refractivity contribution in [2.24, 2.45) is 0 Å². The standard InChI is InChI=1S/C14H15BrClFOS/c15-11-7-6-10(14(17)13(11)16)12(18)8-19-9-4-2-1-3-5-9/h6-7,9H,1-5,8H2. The molecule has 0 saturated heterocycles. The van der Waals surface area contributed by atoms with Gasteiger partial charge in [-0.3, -0.25) is 4.79 Å². The van der Waals surface area contributed by atoms with Crippen molar-refractivity contribution in [3.63, 3.8) is 0 Å². The van der Waals surface area contributed by atoms with Crippen LogP contribution in [0.5, 0.6) is 0 Å². The van der Waals surface area contributed by atoms with E-state index in [1.165, 1.54) is 38.2 Å². The summed E-state index contributed by atoms with van der Waals surface area (Å²) in [5.41, 5.74) is 0.0940. The van der Waals surface area contributed by atoms with Crippen molar-refractivity contribution in [3.8, 4) is 0 Å². The highest BCUT2D eigenvalue weighted by Gasteiger charge is 2.19. The molecule has 0 unspecified atom stereocenters. The Labute approximate surface area is 130 Å². The molecular weight excluding hydrogens is 351 g/mol. The Kier molecular flexibility index (Phi) is 5.72. The van der Waals surface area contributed by atoms with Gasteiger partial charge in [-0.2, -0.15) is 11.8 Å². The molecule has 5 heteroatoms. The lowest BCUT2D eigenvalue weighted by Crippen LogP contribution is -2.13. The maximum absolute atomic E-state index is 13.9. The number of hydrogen-bond donors (Lipinski definition) is 0. The second-order valence-electron chi connectivity index (χ2n) is 4.72. The van der Waals surface area contributed by atoms with Crippen LogP contribution in [-0.2, 0) is 0 Å². The molecule has 0 bridgehead atoms. The third-order valence-corrected chi connectivity index (χ3v) is 5.97. The third kappa shape index (κ3) is 3.96. The van der Waals surface area contributed by atoms with Crippen molar-refractivity contribution in [3.05, 3.63) is 33.0 Å². The quantitative estimate of drug-likeness (QED) is 0.518. The summed E-state index contributed by atoms with van der Waals surface area (Å²) in [5, 5.41) is 0.528. The lowest BCUT2D eigenvalue weighted by molar-refractivity contribution is 0.101. The van der Waals surface area contributed by atoms with Crippen molar-refractivity contribution in [2.45, 2.75) is 37.4 Å². The van der Waals surface area contributed by atoms with Gasteiger partial charge in [-0.15, -0.1) is 0 Å². The van der Waals surface area contributed by atoms with Gasteiger partial charge in [0.2, 0.25) is 0 Å². The van der Waals surface area contributed by atoms with Crippen molar-refractivity contribution < 1.29 is 9.18 Å². The molecule has 0 aromatic heterocycles. The average molecular weight is 366 g/mol. The molecule has 0 aliphatic heterocycles. The second kappa shape index (κ2) is 7.09. The molecule has 0 spiro atoms. The molecule has 0 heterocycles. The SMILES string of the molecule is O=C(CSC1CCCCC1)c1ccc(Br)c(Cl)c1F. The van der Waals surface area contributed by atoms with E-state index in [2.05, 4.69) is 15.9 Å². The Morgan fingerprint density at radius 2 is 2.05 bits per heavy atom. The fourth-order valence-corrected chi connectivity index (χ4v) is 3.92. The van der Waals surface area contributed by atoms with Crippen molar-refractivity contribution in [1.82, 2.24) is 0 Å². The molecule has 1 aliphatic carbocycles. The van der Waals surface area contributed by atoms with Gasteiger partial charge in [0.15, 0.2) is 11.6 Å². The molecule has 1 aliphatic rings. The van der Waals surface area contributed by atoms with Crippen LogP contribution in [0.25, 0.3) is 0 Å². The number of halogens is 3. The van der Waals surface area contributed by atoms with Gasteiger partial charge in [-0.05, 0) is 40.9 Å². The van der Waals surface area contributed by atoms with Gasteiger partial charge in [-0.25, -0.2) is 4.39 Å². The van der Waals surface area contributed by atoms with Crippen LogP contribution >= 0.6 is 39.3 Å². The van der Waals surface area contributed by atoms with E-state index in [-0.39, 0.29) is 16.4 Å². The molecule has 1 saturated carbocycles. The first-order valence-electron chi connectivity index (χ1n) is 6.38. The third-order valence-electron chi connectivity index (χ3n) is 3.34. The Hall–Kier alpha value is -0.0600. The van der Waals surface area contributed by atoms with Crippen LogP contribution in [0.2, 0.25) is 5.02 Å². The fourth-order valence-electron chi connectivity index (χ4n) is 2.24. The van der Waals surface area contributed by atoms with Gasteiger partial charge in [0.25, 0.3) is 0 Å². The van der Waals surface area contributed by atoms with Crippen LogP contribution in [0.15, 0.2) is 16.6 Å². The first-order valence-corrected chi connectivity index (χ1v) is 8.60. The number of ketones is 1. The predicted octanol–water partition coefficient (Wildman–Crippen LogP) is 5.49. The van der Waals surface area contributed by atoms with E-state index in [1.54, 1.807) is 17.8 Å². The number of carbonyl (C=O) groups is 1. The summed E-state index contributed by atoms with van der Waals surface area (Å²) in [6.45, 7) is 0. The molecule has 19 heavy (non-hydrogen) atoms. The summed E-state index contributed by atoms with van der Waals surface area (Å²) < 4.78 is 14.4. The van der Waals surface area contributed by atoms with E-state index < -0.39 is 5.82 Å². The number of hydrogen-bond acceptors (Lipinski definition) is 2. The van der Waals surface area contributed by atoms with Crippen LogP contribution in [0.1, 0.15) is 42.5 Å². The molecular formula is C14H15BrClFOS. The Morgan fingerprint density at radius 1 is 1.37 bits per heavy atom. The van der Waals surface area contributed by atoms with E-state index >= 15 is 0 Å². The van der Waals surface area contributed by atoms with Gasteiger partial charge in [0.1, 0.15) is 0 Å². The summed E-state index contributed by atoms with van der Waals surface area (Å²) in [7, 11) is 0. The topological polar surface area (TPSA) is 17.1 Å². The number of benzene rings is 1. The van der Waals surface area contributed by atoms with Crippen LogP contribution in [-0.4, -0.2) is 16.8 Å².